The Morgan fingerprint density at radius 1 is 0.667 bits per heavy atom. The standard InChI is InChI=1S/C18H32/c1-3-5-7-9-11-13-15-17-18-16-14-12-10-8-6-4-2/h3,5,7,10,12H,1,4,6,8-9,11,13-18H2,2H3. The number of rotatable bonds is 13. The van der Waals surface area contributed by atoms with Gasteiger partial charge in [-0.3, -0.25) is 0 Å². The summed E-state index contributed by atoms with van der Waals surface area (Å²) in [5, 5.41) is 0. The first-order chi connectivity index (χ1) is 8.91. The molecule has 0 aromatic carbocycles. The van der Waals surface area contributed by atoms with E-state index in [1.54, 1.807) is 0 Å². The third-order valence-corrected chi connectivity index (χ3v) is 3.15. The van der Waals surface area contributed by atoms with E-state index in [1.807, 2.05) is 12.2 Å². The molecule has 0 aliphatic rings. The molecule has 0 saturated carbocycles. The van der Waals surface area contributed by atoms with Gasteiger partial charge in [-0.15, -0.1) is 0 Å². The normalized spacial score (nSPS) is 11.6. The first kappa shape index (κ1) is 17.2. The van der Waals surface area contributed by atoms with Gasteiger partial charge in [-0.05, 0) is 32.1 Å². The maximum atomic E-state index is 3.67. The quantitative estimate of drug-likeness (QED) is 0.196. The smallest absolute Gasteiger partial charge is 0.0348 e. The minimum atomic E-state index is 1.21. The zero-order chi connectivity index (χ0) is 13.3. The Kier molecular flexibility index (Phi) is 15.5. The highest BCUT2D eigenvalue weighted by Gasteiger charge is 1.89. The molecule has 0 unspecified atom stereocenters. The van der Waals surface area contributed by atoms with E-state index >= 15 is 0 Å². The van der Waals surface area contributed by atoms with Crippen molar-refractivity contribution in [3.8, 4) is 0 Å². The second kappa shape index (κ2) is 16.2. The summed E-state index contributed by atoms with van der Waals surface area (Å²) in [5.74, 6) is 0. The van der Waals surface area contributed by atoms with E-state index < -0.39 is 0 Å². The number of allylic oxidation sites excluding steroid dienone is 5. The maximum Gasteiger partial charge on any atom is -0.0348 e. The largest absolute Gasteiger partial charge is 0.0991 e. The summed E-state index contributed by atoms with van der Waals surface area (Å²) in [6.45, 7) is 5.92. The van der Waals surface area contributed by atoms with Crippen molar-refractivity contribution in [2.24, 2.45) is 0 Å². The van der Waals surface area contributed by atoms with E-state index in [4.69, 9.17) is 0 Å². The van der Waals surface area contributed by atoms with E-state index in [0.717, 1.165) is 0 Å². The molecule has 0 heteroatoms. The first-order valence-corrected chi connectivity index (χ1v) is 7.84. The molecule has 0 aromatic heterocycles. The van der Waals surface area contributed by atoms with Crippen LogP contribution in [-0.2, 0) is 0 Å². The molecule has 0 N–H and O–H groups in total. The van der Waals surface area contributed by atoms with Crippen LogP contribution in [0.1, 0.15) is 77.6 Å². The van der Waals surface area contributed by atoms with Gasteiger partial charge in [-0.1, -0.05) is 82.4 Å². The third-order valence-electron chi connectivity index (χ3n) is 3.15. The van der Waals surface area contributed by atoms with Crippen LogP contribution in [0, 0.1) is 0 Å². The van der Waals surface area contributed by atoms with Gasteiger partial charge in [0.25, 0.3) is 0 Å². The highest BCUT2D eigenvalue weighted by Crippen LogP contribution is 2.09. The fraction of sp³-hybridized carbons (Fsp3) is 0.667. The maximum absolute atomic E-state index is 3.67. The number of unbranched alkanes of at least 4 members (excludes halogenated alkanes) is 9. The van der Waals surface area contributed by atoms with Crippen molar-refractivity contribution in [3.05, 3.63) is 37.0 Å². The Hall–Kier alpha value is -0.780. The molecule has 0 amide bonds. The molecule has 0 radical (unpaired) electrons. The van der Waals surface area contributed by atoms with Crippen LogP contribution in [0.15, 0.2) is 37.0 Å². The van der Waals surface area contributed by atoms with Crippen LogP contribution in [0.25, 0.3) is 0 Å². The lowest BCUT2D eigenvalue weighted by Crippen LogP contribution is -1.79. The average molecular weight is 248 g/mol. The molecule has 0 saturated heterocycles. The lowest BCUT2D eigenvalue weighted by Gasteiger charge is -1.99. The summed E-state index contributed by atoms with van der Waals surface area (Å²) in [6.07, 6.45) is 25.6. The van der Waals surface area contributed by atoms with Crippen LogP contribution in [0.3, 0.4) is 0 Å². The fourth-order valence-electron chi connectivity index (χ4n) is 1.98. The van der Waals surface area contributed by atoms with Gasteiger partial charge in [-0.2, -0.15) is 0 Å². The van der Waals surface area contributed by atoms with Crippen molar-refractivity contribution < 1.29 is 0 Å². The molecule has 0 heterocycles. The van der Waals surface area contributed by atoms with Gasteiger partial charge >= 0.3 is 0 Å². The second-order valence-corrected chi connectivity index (χ2v) is 4.98. The monoisotopic (exact) mass is 248 g/mol. The molecule has 0 aliphatic heterocycles. The van der Waals surface area contributed by atoms with E-state index in [9.17, 15) is 0 Å². The van der Waals surface area contributed by atoms with Crippen molar-refractivity contribution in [1.82, 2.24) is 0 Å². The summed E-state index contributed by atoms with van der Waals surface area (Å²) in [4.78, 5) is 0. The molecule has 0 aliphatic carbocycles. The minimum absolute atomic E-state index is 1.21. The Morgan fingerprint density at radius 3 is 1.72 bits per heavy atom. The number of hydrogen-bond acceptors (Lipinski definition) is 0. The molecular formula is C18H32. The Balaban J connectivity index is 3.05. The van der Waals surface area contributed by atoms with Gasteiger partial charge in [0.15, 0.2) is 0 Å². The van der Waals surface area contributed by atoms with Gasteiger partial charge < -0.3 is 0 Å². The molecule has 0 atom stereocenters. The second-order valence-electron chi connectivity index (χ2n) is 4.98. The summed E-state index contributed by atoms with van der Waals surface area (Å²) in [7, 11) is 0. The molecule has 104 valence electrons. The Labute approximate surface area is 115 Å². The molecular weight excluding hydrogens is 216 g/mol. The predicted octanol–water partition coefficient (Wildman–Crippen LogP) is 6.60. The van der Waals surface area contributed by atoms with E-state index in [0.29, 0.717) is 0 Å². The van der Waals surface area contributed by atoms with Crippen molar-refractivity contribution in [2.45, 2.75) is 77.6 Å². The van der Waals surface area contributed by atoms with Crippen molar-refractivity contribution in [2.75, 3.05) is 0 Å². The minimum Gasteiger partial charge on any atom is -0.0991 e. The summed E-state index contributed by atoms with van der Waals surface area (Å²) in [5.41, 5.74) is 0. The van der Waals surface area contributed by atoms with Crippen LogP contribution in [0.4, 0.5) is 0 Å². The van der Waals surface area contributed by atoms with Crippen LogP contribution < -0.4 is 0 Å². The third kappa shape index (κ3) is 15.2. The van der Waals surface area contributed by atoms with Gasteiger partial charge in [0.05, 0.1) is 0 Å². The van der Waals surface area contributed by atoms with Crippen molar-refractivity contribution in [1.29, 1.82) is 0 Å². The van der Waals surface area contributed by atoms with Gasteiger partial charge in [0, 0.05) is 0 Å². The molecule has 0 spiro atoms. The summed E-state index contributed by atoms with van der Waals surface area (Å²) < 4.78 is 0. The molecule has 0 fully saturated rings. The lowest BCUT2D eigenvalue weighted by atomic mass is 10.1. The van der Waals surface area contributed by atoms with Crippen molar-refractivity contribution in [3.63, 3.8) is 0 Å². The van der Waals surface area contributed by atoms with E-state index in [2.05, 4.69) is 31.7 Å². The predicted molar refractivity (Wildman–Crippen MR) is 84.9 cm³/mol. The average Bonchev–Trinajstić information content (AvgIpc) is 2.39. The van der Waals surface area contributed by atoms with Gasteiger partial charge in [0.2, 0.25) is 0 Å². The molecule has 0 aromatic rings. The SMILES string of the molecule is C=CC=CCCCCCCCCC=CCCCC. The lowest BCUT2D eigenvalue weighted by molar-refractivity contribution is 0.599. The number of hydrogen-bond donors (Lipinski definition) is 0. The van der Waals surface area contributed by atoms with Crippen LogP contribution in [0.2, 0.25) is 0 Å². The zero-order valence-electron chi connectivity index (χ0n) is 12.4. The highest BCUT2D eigenvalue weighted by molar-refractivity contribution is 4.96. The molecule has 18 heavy (non-hydrogen) atoms. The van der Waals surface area contributed by atoms with Gasteiger partial charge in [-0.25, -0.2) is 0 Å². The fourth-order valence-corrected chi connectivity index (χ4v) is 1.98. The Morgan fingerprint density at radius 2 is 1.17 bits per heavy atom. The van der Waals surface area contributed by atoms with Crippen LogP contribution >= 0.6 is 0 Å². The summed E-state index contributed by atoms with van der Waals surface area (Å²) >= 11 is 0. The van der Waals surface area contributed by atoms with Crippen molar-refractivity contribution >= 4 is 0 Å². The topological polar surface area (TPSA) is 0 Å². The van der Waals surface area contributed by atoms with Crippen LogP contribution in [-0.4, -0.2) is 0 Å². The highest BCUT2D eigenvalue weighted by atomic mass is 14.0. The summed E-state index contributed by atoms with van der Waals surface area (Å²) in [6, 6.07) is 0. The van der Waals surface area contributed by atoms with Crippen LogP contribution in [0.5, 0.6) is 0 Å². The molecule has 0 rings (SSSR count). The zero-order valence-corrected chi connectivity index (χ0v) is 12.4. The van der Waals surface area contributed by atoms with E-state index in [-0.39, 0.29) is 0 Å². The Bertz CT molecular complexity index is 210. The molecule has 0 nitrogen and oxygen atoms in total. The van der Waals surface area contributed by atoms with Gasteiger partial charge in [0.1, 0.15) is 0 Å². The first-order valence-electron chi connectivity index (χ1n) is 7.84. The molecule has 0 bridgehead atoms. The van der Waals surface area contributed by atoms with E-state index in [1.165, 1.54) is 70.6 Å².